The number of benzene rings is 1. The molecule has 0 spiro atoms. The van der Waals surface area contributed by atoms with Gasteiger partial charge in [-0.15, -0.1) is 0 Å². The van der Waals surface area contributed by atoms with Gasteiger partial charge >= 0.3 is 6.55 Å². The smallest absolute Gasteiger partial charge is 0.303 e. The van der Waals surface area contributed by atoms with Crippen molar-refractivity contribution in [1.29, 1.82) is 0 Å². The van der Waals surface area contributed by atoms with Crippen molar-refractivity contribution in [2.45, 2.75) is 26.1 Å². The summed E-state index contributed by atoms with van der Waals surface area (Å²) in [6.07, 6.45) is 2.63. The molecule has 3 nitrogen and oxygen atoms in total. The van der Waals surface area contributed by atoms with E-state index in [1.807, 2.05) is 25.1 Å². The van der Waals surface area contributed by atoms with Crippen molar-refractivity contribution >= 4 is 11.6 Å². The average Bonchev–Trinajstić information content (AvgIpc) is 2.85. The SMILES string of the molecule is C[C@H](NCc1nccn1C(F)F)c1ccccc1Cl. The van der Waals surface area contributed by atoms with Crippen molar-refractivity contribution in [1.82, 2.24) is 14.9 Å². The van der Waals surface area contributed by atoms with Gasteiger partial charge in [-0.25, -0.2) is 4.98 Å². The van der Waals surface area contributed by atoms with Gasteiger partial charge < -0.3 is 5.32 Å². The van der Waals surface area contributed by atoms with Crippen LogP contribution < -0.4 is 5.32 Å². The van der Waals surface area contributed by atoms with E-state index in [0.717, 1.165) is 10.1 Å². The van der Waals surface area contributed by atoms with Crippen molar-refractivity contribution in [2.24, 2.45) is 0 Å². The number of halogens is 3. The molecule has 2 rings (SSSR count). The molecule has 1 aromatic carbocycles. The lowest BCUT2D eigenvalue weighted by atomic mass is 10.1. The average molecular weight is 286 g/mol. The lowest BCUT2D eigenvalue weighted by Gasteiger charge is -2.16. The molecule has 2 aromatic rings. The van der Waals surface area contributed by atoms with E-state index in [-0.39, 0.29) is 12.6 Å². The van der Waals surface area contributed by atoms with Gasteiger partial charge in [0, 0.05) is 23.5 Å². The van der Waals surface area contributed by atoms with Gasteiger partial charge in [0.15, 0.2) is 0 Å². The summed E-state index contributed by atoms with van der Waals surface area (Å²) in [5.41, 5.74) is 0.930. The molecule has 0 unspecified atom stereocenters. The number of nitrogens with zero attached hydrogens (tertiary/aromatic N) is 2. The maximum absolute atomic E-state index is 12.6. The fraction of sp³-hybridized carbons (Fsp3) is 0.308. The largest absolute Gasteiger partial charge is 0.319 e. The Labute approximate surface area is 115 Å². The predicted molar refractivity (Wildman–Crippen MR) is 70.2 cm³/mol. The molecule has 0 aliphatic rings. The van der Waals surface area contributed by atoms with Gasteiger partial charge in [0.05, 0.1) is 6.54 Å². The van der Waals surface area contributed by atoms with Crippen molar-refractivity contribution in [3.63, 3.8) is 0 Å². The van der Waals surface area contributed by atoms with Gasteiger partial charge in [-0.1, -0.05) is 29.8 Å². The highest BCUT2D eigenvalue weighted by Crippen LogP contribution is 2.22. The number of hydrogen-bond donors (Lipinski definition) is 1. The summed E-state index contributed by atoms with van der Waals surface area (Å²) in [7, 11) is 0. The van der Waals surface area contributed by atoms with Gasteiger partial charge in [0.1, 0.15) is 5.82 Å². The second-order valence-corrected chi connectivity index (χ2v) is 4.56. The maximum atomic E-state index is 12.6. The lowest BCUT2D eigenvalue weighted by Crippen LogP contribution is -2.21. The highest BCUT2D eigenvalue weighted by molar-refractivity contribution is 6.31. The van der Waals surface area contributed by atoms with Crippen LogP contribution in [0.3, 0.4) is 0 Å². The number of hydrogen-bond acceptors (Lipinski definition) is 2. The van der Waals surface area contributed by atoms with E-state index in [2.05, 4.69) is 10.3 Å². The van der Waals surface area contributed by atoms with Crippen LogP contribution in [0.2, 0.25) is 5.02 Å². The van der Waals surface area contributed by atoms with Crippen LogP contribution >= 0.6 is 11.6 Å². The van der Waals surface area contributed by atoms with Gasteiger partial charge in [0.25, 0.3) is 0 Å². The Morgan fingerprint density at radius 3 is 2.79 bits per heavy atom. The highest BCUT2D eigenvalue weighted by atomic mass is 35.5. The molecule has 0 saturated carbocycles. The van der Waals surface area contributed by atoms with E-state index in [4.69, 9.17) is 11.6 Å². The molecule has 0 radical (unpaired) electrons. The molecule has 0 bridgehead atoms. The first-order chi connectivity index (χ1) is 9.09. The first-order valence-electron chi connectivity index (χ1n) is 5.87. The van der Waals surface area contributed by atoms with Crippen molar-refractivity contribution in [2.75, 3.05) is 0 Å². The molecule has 1 aromatic heterocycles. The molecule has 1 atom stereocenters. The van der Waals surface area contributed by atoms with Gasteiger partial charge in [0.2, 0.25) is 0 Å². The summed E-state index contributed by atoms with van der Waals surface area (Å²) in [5.74, 6) is 0.300. The maximum Gasteiger partial charge on any atom is 0.319 e. The van der Waals surface area contributed by atoms with Crippen LogP contribution in [0, 0.1) is 0 Å². The third-order valence-corrected chi connectivity index (χ3v) is 3.24. The molecular formula is C13H14ClF2N3. The summed E-state index contributed by atoms with van der Waals surface area (Å²) in [6.45, 7) is -0.393. The summed E-state index contributed by atoms with van der Waals surface area (Å²) >= 11 is 6.08. The van der Waals surface area contributed by atoms with Crippen LogP contribution in [0.25, 0.3) is 0 Å². The van der Waals surface area contributed by atoms with E-state index in [1.54, 1.807) is 6.07 Å². The topological polar surface area (TPSA) is 29.9 Å². The number of nitrogens with one attached hydrogen (secondary N) is 1. The zero-order chi connectivity index (χ0) is 13.8. The standard InChI is InChI=1S/C13H14ClF2N3/c1-9(10-4-2-3-5-11(10)14)18-8-12-17-6-7-19(12)13(15)16/h2-7,9,13,18H,8H2,1H3/t9-/m0/s1. The minimum atomic E-state index is -2.57. The minimum Gasteiger partial charge on any atom is -0.303 e. The zero-order valence-corrected chi connectivity index (χ0v) is 11.1. The van der Waals surface area contributed by atoms with E-state index >= 15 is 0 Å². The van der Waals surface area contributed by atoms with E-state index < -0.39 is 6.55 Å². The molecule has 6 heteroatoms. The minimum absolute atomic E-state index is 0.0449. The zero-order valence-electron chi connectivity index (χ0n) is 10.4. The molecule has 0 saturated heterocycles. The van der Waals surface area contributed by atoms with Crippen LogP contribution in [0.1, 0.15) is 30.9 Å². The van der Waals surface area contributed by atoms with E-state index in [0.29, 0.717) is 10.8 Å². The van der Waals surface area contributed by atoms with Crippen LogP contribution in [-0.2, 0) is 6.54 Å². The fourth-order valence-corrected chi connectivity index (χ4v) is 2.14. The first kappa shape index (κ1) is 14.0. The monoisotopic (exact) mass is 285 g/mol. The third kappa shape index (κ3) is 3.30. The van der Waals surface area contributed by atoms with Crippen molar-refractivity contribution < 1.29 is 8.78 Å². The number of imidazole rings is 1. The molecule has 1 heterocycles. The first-order valence-corrected chi connectivity index (χ1v) is 6.25. The normalized spacial score (nSPS) is 12.9. The number of alkyl halides is 2. The second kappa shape index (κ2) is 6.12. The Kier molecular flexibility index (Phi) is 4.50. The molecule has 0 aliphatic heterocycles. The summed E-state index contributed by atoms with van der Waals surface area (Å²) in [5, 5.41) is 3.79. The quantitative estimate of drug-likeness (QED) is 0.906. The number of rotatable bonds is 5. The Hall–Kier alpha value is -1.46. The fourth-order valence-electron chi connectivity index (χ4n) is 1.84. The summed E-state index contributed by atoms with van der Waals surface area (Å²) in [4.78, 5) is 3.91. The van der Waals surface area contributed by atoms with E-state index in [1.165, 1.54) is 12.4 Å². The summed E-state index contributed by atoms with van der Waals surface area (Å²) in [6, 6.07) is 7.40. The Morgan fingerprint density at radius 1 is 1.37 bits per heavy atom. The van der Waals surface area contributed by atoms with Crippen LogP contribution in [0.15, 0.2) is 36.7 Å². The Morgan fingerprint density at radius 2 is 2.11 bits per heavy atom. The predicted octanol–water partition coefficient (Wildman–Crippen LogP) is 3.78. The molecule has 0 fully saturated rings. The Bertz CT molecular complexity index is 542. The highest BCUT2D eigenvalue weighted by Gasteiger charge is 2.13. The second-order valence-electron chi connectivity index (χ2n) is 4.15. The van der Waals surface area contributed by atoms with Crippen molar-refractivity contribution in [3.8, 4) is 0 Å². The molecule has 102 valence electrons. The van der Waals surface area contributed by atoms with Gasteiger partial charge in [-0.05, 0) is 18.6 Å². The van der Waals surface area contributed by atoms with Gasteiger partial charge in [-0.2, -0.15) is 8.78 Å². The summed E-state index contributed by atoms with van der Waals surface area (Å²) < 4.78 is 26.1. The van der Waals surface area contributed by atoms with Crippen LogP contribution in [0.4, 0.5) is 8.78 Å². The molecule has 19 heavy (non-hydrogen) atoms. The van der Waals surface area contributed by atoms with Crippen LogP contribution in [-0.4, -0.2) is 9.55 Å². The Balaban J connectivity index is 2.03. The molecule has 1 N–H and O–H groups in total. The lowest BCUT2D eigenvalue weighted by molar-refractivity contribution is 0.0665. The molecule has 0 amide bonds. The number of aromatic nitrogens is 2. The molecule has 0 aliphatic carbocycles. The van der Waals surface area contributed by atoms with E-state index in [9.17, 15) is 8.78 Å². The molecular weight excluding hydrogens is 272 g/mol. The van der Waals surface area contributed by atoms with Crippen molar-refractivity contribution in [3.05, 3.63) is 53.1 Å². The van der Waals surface area contributed by atoms with Crippen LogP contribution in [0.5, 0.6) is 0 Å². The third-order valence-electron chi connectivity index (χ3n) is 2.90. The van der Waals surface area contributed by atoms with Gasteiger partial charge in [-0.3, -0.25) is 4.57 Å².